The van der Waals surface area contributed by atoms with Gasteiger partial charge in [-0.3, -0.25) is 4.90 Å². The molecule has 3 aliphatic heterocycles. The van der Waals surface area contributed by atoms with Crippen LogP contribution in [0.25, 0.3) is 0 Å². The molecule has 0 unspecified atom stereocenters. The van der Waals surface area contributed by atoms with E-state index in [2.05, 4.69) is 19.8 Å². The monoisotopic (exact) mass is 349 g/mol. The lowest BCUT2D eigenvalue weighted by Gasteiger charge is -2.41. The number of aromatic nitrogens is 2. The van der Waals surface area contributed by atoms with Gasteiger partial charge in [0.05, 0.1) is 12.3 Å². The predicted octanol–water partition coefficient (Wildman–Crippen LogP) is 1.64. The molecule has 4 rings (SSSR count). The number of piperidine rings is 2. The van der Waals surface area contributed by atoms with E-state index in [4.69, 9.17) is 0 Å². The Morgan fingerprint density at radius 2 is 1.72 bits per heavy atom. The van der Waals surface area contributed by atoms with E-state index in [1.165, 1.54) is 6.20 Å². The lowest BCUT2D eigenvalue weighted by Crippen LogP contribution is -2.50. The van der Waals surface area contributed by atoms with Crippen LogP contribution in [0.3, 0.4) is 0 Å². The summed E-state index contributed by atoms with van der Waals surface area (Å²) in [6.45, 7) is 5.44. The van der Waals surface area contributed by atoms with Crippen LogP contribution < -0.4 is 9.80 Å². The lowest BCUT2D eigenvalue weighted by atomic mass is 9.99. The van der Waals surface area contributed by atoms with Crippen molar-refractivity contribution >= 4 is 11.8 Å². The largest absolute Gasteiger partial charge is 0.392 e. The fourth-order valence-electron chi connectivity index (χ4n) is 4.40. The highest BCUT2D eigenvalue weighted by Crippen LogP contribution is 2.26. The van der Waals surface area contributed by atoms with E-state index in [0.717, 1.165) is 77.8 Å². The fraction of sp³-hybridized carbons (Fsp3) is 0.778. The van der Waals surface area contributed by atoms with Crippen LogP contribution in [0.2, 0.25) is 0 Å². The number of rotatable bonds is 3. The third-order valence-corrected chi connectivity index (χ3v) is 5.81. The molecule has 1 atom stereocenters. The van der Waals surface area contributed by atoms with E-state index < -0.39 is 0 Å². The molecule has 4 heterocycles. The fourth-order valence-corrected chi connectivity index (χ4v) is 4.40. The summed E-state index contributed by atoms with van der Waals surface area (Å²) in [5.41, 5.74) is 0. The van der Waals surface area contributed by atoms with E-state index >= 15 is 0 Å². The van der Waals surface area contributed by atoms with Gasteiger partial charge in [-0.25, -0.2) is 9.37 Å². The van der Waals surface area contributed by atoms with Crippen LogP contribution in [-0.4, -0.2) is 71.4 Å². The number of hydrogen-bond donors (Lipinski definition) is 1. The number of halogens is 1. The number of hydrogen-bond acceptors (Lipinski definition) is 6. The van der Waals surface area contributed by atoms with Gasteiger partial charge in [0.2, 0.25) is 5.95 Å². The van der Waals surface area contributed by atoms with Crippen LogP contribution >= 0.6 is 0 Å². The SMILES string of the molecule is O[C@@H]1CCCN(C2CCN(c3ncc(F)c(N4CCCC4)n3)CC2)C1. The van der Waals surface area contributed by atoms with E-state index in [-0.39, 0.29) is 11.9 Å². The van der Waals surface area contributed by atoms with E-state index in [0.29, 0.717) is 17.8 Å². The van der Waals surface area contributed by atoms with Gasteiger partial charge in [0.15, 0.2) is 11.6 Å². The Labute approximate surface area is 148 Å². The first kappa shape index (κ1) is 17.0. The number of anilines is 2. The molecular weight excluding hydrogens is 321 g/mol. The third-order valence-electron chi connectivity index (χ3n) is 5.81. The van der Waals surface area contributed by atoms with Crippen molar-refractivity contribution in [2.24, 2.45) is 0 Å². The predicted molar refractivity (Wildman–Crippen MR) is 95.5 cm³/mol. The van der Waals surface area contributed by atoms with Crippen LogP contribution in [0.15, 0.2) is 6.20 Å². The highest BCUT2D eigenvalue weighted by Gasteiger charge is 2.29. The standard InChI is InChI=1S/C18H28FN5O/c19-16-12-20-18(21-17(16)22-7-1-2-8-22)23-10-5-14(6-11-23)24-9-3-4-15(25)13-24/h12,14-15,25H,1-11,13H2/t15-/m1/s1. The maximum Gasteiger partial charge on any atom is 0.227 e. The second-order valence-corrected chi connectivity index (χ2v) is 7.54. The van der Waals surface area contributed by atoms with Crippen LogP contribution in [0.1, 0.15) is 38.5 Å². The first-order valence-electron chi connectivity index (χ1n) is 9.65. The van der Waals surface area contributed by atoms with E-state index in [9.17, 15) is 9.50 Å². The summed E-state index contributed by atoms with van der Waals surface area (Å²) in [5.74, 6) is 0.798. The molecule has 0 spiro atoms. The van der Waals surface area contributed by atoms with Crippen molar-refractivity contribution in [1.82, 2.24) is 14.9 Å². The maximum absolute atomic E-state index is 14.1. The van der Waals surface area contributed by atoms with Crippen molar-refractivity contribution < 1.29 is 9.50 Å². The van der Waals surface area contributed by atoms with Gasteiger partial charge in [-0.1, -0.05) is 0 Å². The molecule has 3 saturated heterocycles. The lowest BCUT2D eigenvalue weighted by molar-refractivity contribution is 0.0397. The molecule has 1 aromatic rings. The Morgan fingerprint density at radius 1 is 0.960 bits per heavy atom. The summed E-state index contributed by atoms with van der Waals surface area (Å²) in [6.07, 6.45) is 7.47. The zero-order chi connectivity index (χ0) is 17.2. The van der Waals surface area contributed by atoms with Crippen LogP contribution in [0, 0.1) is 5.82 Å². The van der Waals surface area contributed by atoms with Crippen molar-refractivity contribution in [2.45, 2.75) is 50.7 Å². The quantitative estimate of drug-likeness (QED) is 0.895. The molecule has 1 N–H and O–H groups in total. The van der Waals surface area contributed by atoms with Crippen molar-refractivity contribution in [3.63, 3.8) is 0 Å². The van der Waals surface area contributed by atoms with Crippen molar-refractivity contribution in [1.29, 1.82) is 0 Å². The first-order valence-corrected chi connectivity index (χ1v) is 9.65. The van der Waals surface area contributed by atoms with Crippen molar-refractivity contribution in [3.8, 4) is 0 Å². The van der Waals surface area contributed by atoms with Gasteiger partial charge in [0, 0.05) is 38.8 Å². The number of β-amino-alcohol motifs (C(OH)–C–C–N with tert-alkyl or cyclic N) is 1. The molecule has 6 nitrogen and oxygen atoms in total. The smallest absolute Gasteiger partial charge is 0.227 e. The average Bonchev–Trinajstić information content (AvgIpc) is 3.17. The summed E-state index contributed by atoms with van der Waals surface area (Å²) in [5, 5.41) is 9.89. The Kier molecular flexibility index (Phi) is 5.03. The van der Waals surface area contributed by atoms with Crippen molar-refractivity contribution in [3.05, 3.63) is 12.0 Å². The van der Waals surface area contributed by atoms with Gasteiger partial charge >= 0.3 is 0 Å². The molecule has 1 aromatic heterocycles. The minimum atomic E-state index is -0.317. The molecule has 7 heteroatoms. The van der Waals surface area contributed by atoms with Gasteiger partial charge in [0.1, 0.15) is 0 Å². The summed E-state index contributed by atoms with van der Waals surface area (Å²) >= 11 is 0. The molecule has 138 valence electrons. The molecule has 25 heavy (non-hydrogen) atoms. The van der Waals surface area contributed by atoms with Gasteiger partial charge in [0.25, 0.3) is 0 Å². The Balaban J connectivity index is 1.39. The van der Waals surface area contributed by atoms with Gasteiger partial charge < -0.3 is 14.9 Å². The Morgan fingerprint density at radius 3 is 2.44 bits per heavy atom. The third kappa shape index (κ3) is 3.72. The van der Waals surface area contributed by atoms with E-state index in [1.54, 1.807) is 0 Å². The maximum atomic E-state index is 14.1. The zero-order valence-electron chi connectivity index (χ0n) is 14.8. The molecule has 0 radical (unpaired) electrons. The summed E-state index contributed by atoms with van der Waals surface area (Å²) in [7, 11) is 0. The number of nitrogens with zero attached hydrogens (tertiary/aromatic N) is 5. The molecule has 3 aliphatic rings. The normalized spacial score (nSPS) is 26.4. The van der Waals surface area contributed by atoms with Crippen LogP contribution in [0.5, 0.6) is 0 Å². The molecule has 0 bridgehead atoms. The zero-order valence-corrected chi connectivity index (χ0v) is 14.8. The average molecular weight is 349 g/mol. The first-order chi connectivity index (χ1) is 12.2. The molecule has 3 fully saturated rings. The number of aliphatic hydroxyl groups is 1. The van der Waals surface area contributed by atoms with Crippen LogP contribution in [0.4, 0.5) is 16.2 Å². The molecular formula is C18H28FN5O. The Bertz CT molecular complexity index is 587. The summed E-state index contributed by atoms with van der Waals surface area (Å²) in [6, 6.07) is 0.532. The molecule has 0 amide bonds. The highest BCUT2D eigenvalue weighted by atomic mass is 19.1. The van der Waals surface area contributed by atoms with Gasteiger partial charge in [-0.15, -0.1) is 0 Å². The minimum Gasteiger partial charge on any atom is -0.392 e. The highest BCUT2D eigenvalue weighted by molar-refractivity contribution is 5.46. The molecule has 0 aromatic carbocycles. The van der Waals surface area contributed by atoms with Gasteiger partial charge in [-0.05, 0) is 45.1 Å². The molecule has 0 aliphatic carbocycles. The van der Waals surface area contributed by atoms with Gasteiger partial charge in [-0.2, -0.15) is 4.98 Å². The van der Waals surface area contributed by atoms with E-state index in [1.807, 2.05) is 4.90 Å². The molecule has 0 saturated carbocycles. The summed E-state index contributed by atoms with van der Waals surface area (Å²) in [4.78, 5) is 15.4. The van der Waals surface area contributed by atoms with Crippen LogP contribution in [-0.2, 0) is 0 Å². The topological polar surface area (TPSA) is 55.7 Å². The minimum absolute atomic E-state index is 0.171. The second-order valence-electron chi connectivity index (χ2n) is 7.54. The summed E-state index contributed by atoms with van der Waals surface area (Å²) < 4.78 is 14.1. The second kappa shape index (κ2) is 7.41. The number of likely N-dealkylation sites (tertiary alicyclic amines) is 1. The Hall–Kier alpha value is -1.47. The van der Waals surface area contributed by atoms with Crippen molar-refractivity contribution in [2.75, 3.05) is 49.1 Å². The number of aliphatic hydroxyl groups excluding tert-OH is 1.